The number of rotatable bonds is 4. The Morgan fingerprint density at radius 2 is 1.52 bits per heavy atom. The maximum Gasteiger partial charge on any atom is 0.221 e. The van der Waals surface area contributed by atoms with E-state index < -0.39 is 7.14 Å². The number of carbonyl (C=O) groups is 1. The van der Waals surface area contributed by atoms with Gasteiger partial charge < -0.3 is 4.57 Å². The van der Waals surface area contributed by atoms with Crippen molar-refractivity contribution in [2.45, 2.75) is 26.9 Å². The molecule has 2 nitrogen and oxygen atoms in total. The monoisotopic (exact) mass is 300 g/mol. The lowest BCUT2D eigenvalue weighted by molar-refractivity contribution is 0.107. The zero-order chi connectivity index (χ0) is 15.6. The molecule has 0 aliphatic carbocycles. The first-order chi connectivity index (χ1) is 9.81. The summed E-state index contributed by atoms with van der Waals surface area (Å²) in [4.78, 5) is 12.8. The van der Waals surface area contributed by atoms with E-state index in [4.69, 9.17) is 0 Å². The maximum atomic E-state index is 12.9. The van der Waals surface area contributed by atoms with Crippen LogP contribution < -0.4 is 0 Å². The minimum Gasteiger partial charge on any atom is -0.315 e. The van der Waals surface area contributed by atoms with Gasteiger partial charge in [0, 0.05) is 11.7 Å². The predicted octanol–water partition coefficient (Wildman–Crippen LogP) is 4.95. The van der Waals surface area contributed by atoms with Crippen LogP contribution in [0, 0.1) is 20.8 Å². The van der Waals surface area contributed by atoms with Gasteiger partial charge in [0.05, 0.1) is 0 Å². The molecule has 0 amide bonds. The van der Waals surface area contributed by atoms with Gasteiger partial charge >= 0.3 is 0 Å². The van der Waals surface area contributed by atoms with E-state index >= 15 is 0 Å². The van der Waals surface area contributed by atoms with E-state index in [1.165, 1.54) is 0 Å². The third kappa shape index (κ3) is 3.51. The van der Waals surface area contributed by atoms with E-state index in [0.29, 0.717) is 11.7 Å². The van der Waals surface area contributed by atoms with Gasteiger partial charge in [-0.3, -0.25) is 4.79 Å². The number of carbonyl (C=O) groups excluding carboxylic acids is 1. The molecule has 0 bridgehead atoms. The summed E-state index contributed by atoms with van der Waals surface area (Å²) >= 11 is 0. The Kier molecular flexibility index (Phi) is 4.49. The molecule has 0 aromatic heterocycles. The lowest BCUT2D eigenvalue weighted by Crippen LogP contribution is -2.07. The van der Waals surface area contributed by atoms with Gasteiger partial charge in [-0.2, -0.15) is 0 Å². The van der Waals surface area contributed by atoms with Crippen molar-refractivity contribution in [2.24, 2.45) is 0 Å². The highest BCUT2D eigenvalue weighted by molar-refractivity contribution is 7.79. The van der Waals surface area contributed by atoms with Crippen LogP contribution in [0.25, 0.3) is 0 Å². The fourth-order valence-electron chi connectivity index (χ4n) is 2.76. The molecule has 1 unspecified atom stereocenters. The van der Waals surface area contributed by atoms with Gasteiger partial charge in [0.2, 0.25) is 5.52 Å². The predicted molar refractivity (Wildman–Crippen MR) is 88.7 cm³/mol. The molecular formula is C18H21O2P. The van der Waals surface area contributed by atoms with Crippen LogP contribution >= 0.6 is 7.14 Å². The maximum absolute atomic E-state index is 12.9. The Balaban J connectivity index is 2.37. The van der Waals surface area contributed by atoms with Gasteiger partial charge in [0.15, 0.2) is 7.14 Å². The van der Waals surface area contributed by atoms with Crippen LogP contribution in [0.3, 0.4) is 0 Å². The van der Waals surface area contributed by atoms with E-state index in [9.17, 15) is 9.36 Å². The minimum absolute atomic E-state index is 0.207. The summed E-state index contributed by atoms with van der Waals surface area (Å²) in [6, 6.07) is 13.5. The highest BCUT2D eigenvalue weighted by Gasteiger charge is 2.29. The van der Waals surface area contributed by atoms with E-state index in [0.717, 1.165) is 22.3 Å². The van der Waals surface area contributed by atoms with Crippen molar-refractivity contribution in [1.82, 2.24) is 0 Å². The third-order valence-electron chi connectivity index (χ3n) is 3.65. The fourth-order valence-corrected chi connectivity index (χ4v) is 4.63. The van der Waals surface area contributed by atoms with Crippen molar-refractivity contribution in [1.29, 1.82) is 0 Å². The van der Waals surface area contributed by atoms with E-state index in [2.05, 4.69) is 0 Å². The van der Waals surface area contributed by atoms with Gasteiger partial charge in [0.1, 0.15) is 0 Å². The first-order valence-corrected chi connectivity index (χ1v) is 9.38. The second kappa shape index (κ2) is 5.99. The largest absolute Gasteiger partial charge is 0.315 e. The summed E-state index contributed by atoms with van der Waals surface area (Å²) in [7, 11) is -2.94. The molecule has 0 aliphatic rings. The Labute approximate surface area is 126 Å². The van der Waals surface area contributed by atoms with Gasteiger partial charge in [0.25, 0.3) is 0 Å². The summed E-state index contributed by atoms with van der Waals surface area (Å²) in [5.74, 6) is 0. The molecule has 0 fully saturated rings. The van der Waals surface area contributed by atoms with Gasteiger partial charge in [-0.15, -0.1) is 0 Å². The molecule has 0 aliphatic heterocycles. The molecule has 3 heteroatoms. The van der Waals surface area contributed by atoms with Crippen LogP contribution in [0.5, 0.6) is 0 Å². The molecule has 1 atom stereocenters. The molecule has 110 valence electrons. The van der Waals surface area contributed by atoms with Gasteiger partial charge in [-0.1, -0.05) is 48.0 Å². The summed E-state index contributed by atoms with van der Waals surface area (Å²) in [6.45, 7) is 7.43. The molecule has 21 heavy (non-hydrogen) atoms. The highest BCUT2D eigenvalue weighted by Crippen LogP contribution is 2.49. The molecule has 2 aromatic rings. The lowest BCUT2D eigenvalue weighted by atomic mass is 10.0. The van der Waals surface area contributed by atoms with Crippen LogP contribution in [0.2, 0.25) is 0 Å². The molecule has 0 radical (unpaired) electrons. The topological polar surface area (TPSA) is 34.1 Å². The summed E-state index contributed by atoms with van der Waals surface area (Å²) in [5.41, 5.74) is 4.30. The van der Waals surface area contributed by atoms with Crippen molar-refractivity contribution >= 4 is 12.7 Å². The van der Waals surface area contributed by atoms with Crippen molar-refractivity contribution in [3.05, 3.63) is 70.3 Å². The van der Waals surface area contributed by atoms with Gasteiger partial charge in [-0.25, -0.2) is 0 Å². The Bertz CT molecular complexity index is 694. The Morgan fingerprint density at radius 3 is 2.05 bits per heavy atom. The standard InChI is InChI=1S/C18H21O2P/c1-13-10-14(2)17(15(3)11-13)18(19)21(4,20)12-16-8-6-5-7-9-16/h5-11H,12H2,1-4H3. The van der Waals surface area contributed by atoms with Crippen LogP contribution in [0.4, 0.5) is 0 Å². The zero-order valence-electron chi connectivity index (χ0n) is 13.0. The average Bonchev–Trinajstić information content (AvgIpc) is 2.38. The van der Waals surface area contributed by atoms with Crippen LogP contribution in [0.15, 0.2) is 42.5 Å². The highest BCUT2D eigenvalue weighted by atomic mass is 31.2. The zero-order valence-corrected chi connectivity index (χ0v) is 13.9. The Hall–Kier alpha value is -1.66. The number of benzene rings is 2. The first kappa shape index (κ1) is 15.7. The lowest BCUT2D eigenvalue weighted by Gasteiger charge is -2.16. The average molecular weight is 300 g/mol. The third-order valence-corrected chi connectivity index (χ3v) is 5.70. The second-order valence-corrected chi connectivity index (χ2v) is 8.75. The van der Waals surface area contributed by atoms with E-state index in [1.54, 1.807) is 6.66 Å². The molecule has 0 heterocycles. The molecular weight excluding hydrogens is 279 g/mol. The molecule has 0 saturated carbocycles. The normalized spacial score (nSPS) is 13.7. The van der Waals surface area contributed by atoms with Crippen molar-refractivity contribution < 1.29 is 9.36 Å². The van der Waals surface area contributed by atoms with Crippen molar-refractivity contribution in [3.8, 4) is 0 Å². The van der Waals surface area contributed by atoms with Crippen molar-refractivity contribution in [2.75, 3.05) is 6.66 Å². The molecule has 2 aromatic carbocycles. The van der Waals surface area contributed by atoms with E-state index in [-0.39, 0.29) is 5.52 Å². The molecule has 0 saturated heterocycles. The second-order valence-electron chi connectivity index (χ2n) is 5.82. The minimum atomic E-state index is -2.94. The fraction of sp³-hybridized carbons (Fsp3) is 0.278. The summed E-state index contributed by atoms with van der Waals surface area (Å²) < 4.78 is 12.9. The van der Waals surface area contributed by atoms with Crippen LogP contribution in [0.1, 0.15) is 32.6 Å². The SMILES string of the molecule is Cc1cc(C)c(C(=O)P(C)(=O)Cc2ccccc2)c(C)c1. The van der Waals surface area contributed by atoms with Crippen LogP contribution in [-0.4, -0.2) is 12.2 Å². The molecule has 0 N–H and O–H groups in total. The first-order valence-electron chi connectivity index (χ1n) is 7.04. The quantitative estimate of drug-likeness (QED) is 0.749. The smallest absolute Gasteiger partial charge is 0.221 e. The summed E-state index contributed by atoms with van der Waals surface area (Å²) in [6.07, 6.45) is 0.319. The number of aryl methyl sites for hydroxylation is 3. The Morgan fingerprint density at radius 1 is 1.00 bits per heavy atom. The van der Waals surface area contributed by atoms with Gasteiger partial charge in [-0.05, 0) is 44.1 Å². The number of hydrogen-bond donors (Lipinski definition) is 0. The van der Waals surface area contributed by atoms with Crippen molar-refractivity contribution in [3.63, 3.8) is 0 Å². The number of hydrogen-bond acceptors (Lipinski definition) is 2. The molecule has 2 rings (SSSR count). The summed E-state index contributed by atoms with van der Waals surface area (Å²) in [5, 5.41) is 0. The van der Waals surface area contributed by atoms with E-state index in [1.807, 2.05) is 63.2 Å². The van der Waals surface area contributed by atoms with Crippen LogP contribution in [-0.2, 0) is 10.7 Å². The molecule has 0 spiro atoms.